The third-order valence-electron chi connectivity index (χ3n) is 4.01. The van der Waals surface area contributed by atoms with Gasteiger partial charge in [-0.25, -0.2) is 0 Å². The van der Waals surface area contributed by atoms with E-state index in [0.717, 1.165) is 0 Å². The predicted octanol–water partition coefficient (Wildman–Crippen LogP) is 3.97. The summed E-state index contributed by atoms with van der Waals surface area (Å²) in [5, 5.41) is 19.0. The van der Waals surface area contributed by atoms with Crippen molar-refractivity contribution in [3.63, 3.8) is 0 Å². The van der Waals surface area contributed by atoms with Gasteiger partial charge in [-0.05, 0) is 54.7 Å². The van der Waals surface area contributed by atoms with Crippen molar-refractivity contribution >= 4 is 46.2 Å². The average molecular weight is 420 g/mol. The molecular weight excluding hydrogens is 404 g/mol. The van der Waals surface area contributed by atoms with E-state index >= 15 is 0 Å². The van der Waals surface area contributed by atoms with Crippen LogP contribution < -0.4 is 16.0 Å². The van der Waals surface area contributed by atoms with Gasteiger partial charge in [-0.15, -0.1) is 0 Å². The monoisotopic (exact) mass is 420 g/mol. The first-order valence-corrected chi connectivity index (χ1v) is 9.17. The Morgan fingerprint density at radius 2 is 1.33 bits per heavy atom. The highest BCUT2D eigenvalue weighted by molar-refractivity contribution is 7.80. The maximum absolute atomic E-state index is 12.3. The van der Waals surface area contributed by atoms with Crippen LogP contribution in [0.4, 0.5) is 17.1 Å². The Labute approximate surface area is 177 Å². The quantitative estimate of drug-likeness (QED) is 0.327. The molecule has 0 aliphatic carbocycles. The number of rotatable bonds is 5. The molecule has 0 saturated carbocycles. The number of carbonyl (C=O) groups is 2. The molecule has 0 spiro atoms. The number of nitrogens with one attached hydrogen (secondary N) is 3. The summed E-state index contributed by atoms with van der Waals surface area (Å²) < 4.78 is 0. The summed E-state index contributed by atoms with van der Waals surface area (Å²) in [7, 11) is 0. The summed E-state index contributed by atoms with van der Waals surface area (Å²) >= 11 is 5.11. The Hall–Kier alpha value is -4.11. The summed E-state index contributed by atoms with van der Waals surface area (Å²) in [6.45, 7) is 0. The Bertz CT molecular complexity index is 1100. The van der Waals surface area contributed by atoms with Crippen LogP contribution in [0.2, 0.25) is 0 Å². The van der Waals surface area contributed by atoms with Crippen LogP contribution in [-0.4, -0.2) is 21.9 Å². The summed E-state index contributed by atoms with van der Waals surface area (Å²) in [4.78, 5) is 34.9. The first kappa shape index (κ1) is 20.6. The molecule has 8 nitrogen and oxygen atoms in total. The first-order chi connectivity index (χ1) is 14.4. The molecule has 0 saturated heterocycles. The average Bonchev–Trinajstić information content (AvgIpc) is 2.75. The number of carbonyl (C=O) groups excluding carboxylic acids is 2. The minimum atomic E-state index is -0.688. The Kier molecular flexibility index (Phi) is 6.46. The van der Waals surface area contributed by atoms with Gasteiger partial charge in [-0.3, -0.25) is 25.0 Å². The summed E-state index contributed by atoms with van der Waals surface area (Å²) in [5.74, 6) is -0.921. The van der Waals surface area contributed by atoms with Gasteiger partial charge in [-0.1, -0.05) is 30.3 Å². The molecule has 0 heterocycles. The van der Waals surface area contributed by atoms with Crippen molar-refractivity contribution in [2.24, 2.45) is 0 Å². The third-order valence-corrected chi connectivity index (χ3v) is 4.21. The van der Waals surface area contributed by atoms with E-state index in [4.69, 9.17) is 12.2 Å². The van der Waals surface area contributed by atoms with Crippen molar-refractivity contribution in [2.75, 3.05) is 10.6 Å². The minimum absolute atomic E-state index is 0.0146. The van der Waals surface area contributed by atoms with Crippen molar-refractivity contribution < 1.29 is 14.5 Å². The number of nitro benzene ring substituents is 1. The molecular formula is C21H16N4O4S. The highest BCUT2D eigenvalue weighted by Gasteiger charge is 2.19. The standard InChI is InChI=1S/C21H16N4O4S/c26-19(14-6-2-1-3-7-14)22-15-10-12-16(13-11-15)23-21(30)24-20(27)17-8-4-5-9-18(17)25(28)29/h1-13H,(H,22,26)(H2,23,24,27,30). The molecule has 3 rings (SSSR count). The molecule has 2 amide bonds. The van der Waals surface area contributed by atoms with Crippen molar-refractivity contribution in [3.05, 3.63) is 100 Å². The van der Waals surface area contributed by atoms with E-state index in [2.05, 4.69) is 16.0 Å². The lowest BCUT2D eigenvalue weighted by atomic mass is 10.1. The molecule has 30 heavy (non-hydrogen) atoms. The number of thiocarbonyl (C=S) groups is 1. The summed E-state index contributed by atoms with van der Waals surface area (Å²) in [5.41, 5.74) is 1.30. The zero-order valence-electron chi connectivity index (χ0n) is 15.5. The van der Waals surface area contributed by atoms with Crippen molar-refractivity contribution in [2.45, 2.75) is 0 Å². The van der Waals surface area contributed by atoms with E-state index in [-0.39, 0.29) is 22.3 Å². The maximum Gasteiger partial charge on any atom is 0.282 e. The van der Waals surface area contributed by atoms with Gasteiger partial charge in [0.15, 0.2) is 5.11 Å². The molecule has 0 bridgehead atoms. The second kappa shape index (κ2) is 9.39. The normalized spacial score (nSPS) is 10.0. The first-order valence-electron chi connectivity index (χ1n) is 8.76. The third kappa shape index (κ3) is 5.24. The Balaban J connectivity index is 1.59. The van der Waals surface area contributed by atoms with Crippen LogP contribution in [0.1, 0.15) is 20.7 Å². The van der Waals surface area contributed by atoms with Crippen LogP contribution in [0.3, 0.4) is 0 Å². The summed E-state index contributed by atoms with van der Waals surface area (Å²) in [6, 6.07) is 21.1. The van der Waals surface area contributed by atoms with Gasteiger partial charge >= 0.3 is 0 Å². The number of nitrogens with zero attached hydrogens (tertiary/aromatic N) is 1. The van der Waals surface area contributed by atoms with Gasteiger partial charge in [0.2, 0.25) is 0 Å². The Morgan fingerprint density at radius 3 is 1.97 bits per heavy atom. The van der Waals surface area contributed by atoms with Crippen LogP contribution in [0.25, 0.3) is 0 Å². The van der Waals surface area contributed by atoms with Crippen LogP contribution in [0, 0.1) is 10.1 Å². The zero-order chi connectivity index (χ0) is 21.5. The number of nitro groups is 1. The molecule has 0 atom stereocenters. The van der Waals surface area contributed by atoms with Crippen LogP contribution in [-0.2, 0) is 0 Å². The number of para-hydroxylation sites is 1. The number of hydrogen-bond acceptors (Lipinski definition) is 5. The van der Waals surface area contributed by atoms with E-state index in [1.807, 2.05) is 6.07 Å². The molecule has 150 valence electrons. The topological polar surface area (TPSA) is 113 Å². The summed E-state index contributed by atoms with van der Waals surface area (Å²) in [6.07, 6.45) is 0. The smallest absolute Gasteiger partial charge is 0.282 e. The van der Waals surface area contributed by atoms with Crippen LogP contribution in [0.5, 0.6) is 0 Å². The van der Waals surface area contributed by atoms with Crippen LogP contribution >= 0.6 is 12.2 Å². The van der Waals surface area contributed by atoms with Gasteiger partial charge in [0.05, 0.1) is 4.92 Å². The van der Waals surface area contributed by atoms with Gasteiger partial charge in [-0.2, -0.15) is 0 Å². The van der Waals surface area contributed by atoms with E-state index in [1.165, 1.54) is 24.3 Å². The fraction of sp³-hybridized carbons (Fsp3) is 0. The number of amides is 2. The maximum atomic E-state index is 12.3. The van der Waals surface area contributed by atoms with E-state index in [0.29, 0.717) is 16.9 Å². The molecule has 3 aromatic carbocycles. The lowest BCUT2D eigenvalue weighted by Crippen LogP contribution is -2.34. The number of benzene rings is 3. The molecule has 0 aromatic heterocycles. The molecule has 9 heteroatoms. The lowest BCUT2D eigenvalue weighted by molar-refractivity contribution is -0.385. The molecule has 3 N–H and O–H groups in total. The van der Waals surface area contributed by atoms with Crippen molar-refractivity contribution in [1.29, 1.82) is 0 Å². The van der Waals surface area contributed by atoms with Gasteiger partial charge in [0.1, 0.15) is 5.56 Å². The minimum Gasteiger partial charge on any atom is -0.332 e. The SMILES string of the molecule is O=C(Nc1ccc(NC(=S)NC(=O)c2ccccc2[N+](=O)[O-])cc1)c1ccccc1. The molecule has 0 aliphatic rings. The van der Waals surface area contributed by atoms with Crippen molar-refractivity contribution in [3.8, 4) is 0 Å². The predicted molar refractivity (Wildman–Crippen MR) is 118 cm³/mol. The fourth-order valence-electron chi connectivity index (χ4n) is 2.59. The van der Waals surface area contributed by atoms with E-state index < -0.39 is 10.8 Å². The number of anilines is 2. The molecule has 0 aliphatic heterocycles. The van der Waals surface area contributed by atoms with Gasteiger partial charge in [0, 0.05) is 23.0 Å². The molecule has 0 radical (unpaired) electrons. The molecule has 3 aromatic rings. The number of hydrogen-bond donors (Lipinski definition) is 3. The second-order valence-corrected chi connectivity index (χ2v) is 6.49. The van der Waals surface area contributed by atoms with Gasteiger partial charge in [0.25, 0.3) is 17.5 Å². The van der Waals surface area contributed by atoms with E-state index in [1.54, 1.807) is 48.5 Å². The highest BCUT2D eigenvalue weighted by atomic mass is 32.1. The van der Waals surface area contributed by atoms with Crippen LogP contribution in [0.15, 0.2) is 78.9 Å². The molecule has 0 fully saturated rings. The fourth-order valence-corrected chi connectivity index (χ4v) is 2.80. The van der Waals surface area contributed by atoms with Gasteiger partial charge < -0.3 is 10.6 Å². The molecule has 0 unspecified atom stereocenters. The highest BCUT2D eigenvalue weighted by Crippen LogP contribution is 2.18. The van der Waals surface area contributed by atoms with E-state index in [9.17, 15) is 19.7 Å². The Morgan fingerprint density at radius 1 is 0.767 bits per heavy atom. The lowest BCUT2D eigenvalue weighted by Gasteiger charge is -2.11. The largest absolute Gasteiger partial charge is 0.332 e. The van der Waals surface area contributed by atoms with Crippen molar-refractivity contribution in [1.82, 2.24) is 5.32 Å². The zero-order valence-corrected chi connectivity index (χ0v) is 16.3. The second-order valence-electron chi connectivity index (χ2n) is 6.08.